The minimum Gasteiger partial charge on any atom is -0.356 e. The lowest BCUT2D eigenvalue weighted by molar-refractivity contribution is -0.126. The number of amides is 1. The Balaban J connectivity index is 1.76. The van der Waals surface area contributed by atoms with E-state index in [0.717, 1.165) is 31.2 Å². The average Bonchev–Trinajstić information content (AvgIpc) is 2.80. The highest BCUT2D eigenvalue weighted by atomic mass is 16.1. The van der Waals surface area contributed by atoms with Crippen molar-refractivity contribution in [2.75, 3.05) is 6.54 Å². The smallest absolute Gasteiger partial charge is 0.223 e. The van der Waals surface area contributed by atoms with Gasteiger partial charge in [-0.2, -0.15) is 0 Å². The van der Waals surface area contributed by atoms with Gasteiger partial charge in [-0.1, -0.05) is 44.9 Å². The molecule has 0 aromatic rings. The summed E-state index contributed by atoms with van der Waals surface area (Å²) < 4.78 is 0. The molecule has 0 aromatic carbocycles. The second-order valence-corrected chi connectivity index (χ2v) is 6.35. The Hall–Kier alpha value is -0.530. The monoisotopic (exact) mass is 251 g/mol. The van der Waals surface area contributed by atoms with E-state index in [1.54, 1.807) is 0 Å². The van der Waals surface area contributed by atoms with Gasteiger partial charge in [0.1, 0.15) is 0 Å². The molecule has 2 heteroatoms. The summed E-state index contributed by atoms with van der Waals surface area (Å²) in [5.74, 6) is 2.39. The summed E-state index contributed by atoms with van der Waals surface area (Å²) in [6, 6.07) is 0. The first-order valence-electron chi connectivity index (χ1n) is 8.07. The fourth-order valence-electron chi connectivity index (χ4n) is 3.54. The van der Waals surface area contributed by atoms with E-state index in [1.807, 2.05) is 6.92 Å². The zero-order chi connectivity index (χ0) is 12.8. The van der Waals surface area contributed by atoms with Crippen LogP contribution >= 0.6 is 0 Å². The van der Waals surface area contributed by atoms with Crippen LogP contribution in [0.3, 0.4) is 0 Å². The highest BCUT2D eigenvalue weighted by molar-refractivity contribution is 5.78. The third-order valence-corrected chi connectivity index (χ3v) is 4.96. The van der Waals surface area contributed by atoms with Crippen LogP contribution in [0.25, 0.3) is 0 Å². The van der Waals surface area contributed by atoms with Gasteiger partial charge in [0.05, 0.1) is 0 Å². The van der Waals surface area contributed by atoms with E-state index in [1.165, 1.54) is 51.4 Å². The second kappa shape index (κ2) is 7.16. The number of hydrogen-bond acceptors (Lipinski definition) is 1. The quantitative estimate of drug-likeness (QED) is 0.730. The first kappa shape index (κ1) is 13.9. The van der Waals surface area contributed by atoms with E-state index in [4.69, 9.17) is 0 Å². The normalized spacial score (nSPS) is 22.7. The highest BCUT2D eigenvalue weighted by Crippen LogP contribution is 2.36. The van der Waals surface area contributed by atoms with Gasteiger partial charge in [0.15, 0.2) is 0 Å². The predicted molar refractivity (Wildman–Crippen MR) is 75.3 cm³/mol. The molecule has 0 saturated heterocycles. The molecular formula is C16H29NO. The van der Waals surface area contributed by atoms with E-state index >= 15 is 0 Å². The topological polar surface area (TPSA) is 29.1 Å². The maximum Gasteiger partial charge on any atom is 0.223 e. The van der Waals surface area contributed by atoms with Crippen molar-refractivity contribution in [3.63, 3.8) is 0 Å². The third kappa shape index (κ3) is 4.00. The zero-order valence-corrected chi connectivity index (χ0v) is 11.9. The Bertz CT molecular complexity index is 254. The average molecular weight is 251 g/mol. The number of carbonyl (C=O) groups is 1. The molecule has 0 aromatic heterocycles. The van der Waals surface area contributed by atoms with E-state index in [9.17, 15) is 4.79 Å². The summed E-state index contributed by atoms with van der Waals surface area (Å²) in [6.07, 6.45) is 13.3. The number of nitrogens with one attached hydrogen (secondary N) is 1. The summed E-state index contributed by atoms with van der Waals surface area (Å²) in [5, 5.41) is 3.04. The van der Waals surface area contributed by atoms with Crippen molar-refractivity contribution in [2.24, 2.45) is 17.8 Å². The van der Waals surface area contributed by atoms with Gasteiger partial charge in [-0.05, 0) is 38.0 Å². The van der Waals surface area contributed by atoms with Crippen LogP contribution in [0, 0.1) is 17.8 Å². The second-order valence-electron chi connectivity index (χ2n) is 6.35. The van der Waals surface area contributed by atoms with Crippen molar-refractivity contribution in [2.45, 2.75) is 71.1 Å². The molecule has 2 aliphatic carbocycles. The molecule has 2 fully saturated rings. The van der Waals surface area contributed by atoms with Crippen molar-refractivity contribution < 1.29 is 4.79 Å². The summed E-state index contributed by atoms with van der Waals surface area (Å²) in [6.45, 7) is 2.80. The first-order chi connectivity index (χ1) is 8.79. The molecule has 2 saturated carbocycles. The van der Waals surface area contributed by atoms with Gasteiger partial charge in [0, 0.05) is 12.5 Å². The summed E-state index contributed by atoms with van der Waals surface area (Å²) in [4.78, 5) is 12.1. The van der Waals surface area contributed by atoms with Crippen LogP contribution in [0.5, 0.6) is 0 Å². The summed E-state index contributed by atoms with van der Waals surface area (Å²) in [7, 11) is 0. The maximum absolute atomic E-state index is 12.1. The van der Waals surface area contributed by atoms with Crippen molar-refractivity contribution in [1.29, 1.82) is 0 Å². The number of carbonyl (C=O) groups excluding carboxylic acids is 1. The molecule has 0 aliphatic heterocycles. The molecule has 1 atom stereocenters. The largest absolute Gasteiger partial charge is 0.356 e. The van der Waals surface area contributed by atoms with Crippen LogP contribution in [0.15, 0.2) is 0 Å². The van der Waals surface area contributed by atoms with E-state index in [0.29, 0.717) is 11.8 Å². The maximum atomic E-state index is 12.1. The SMILES string of the molecule is CCNC(=O)C(CCC1CCCC1)CC1CCC1. The van der Waals surface area contributed by atoms with Gasteiger partial charge >= 0.3 is 0 Å². The molecule has 2 nitrogen and oxygen atoms in total. The molecule has 0 heterocycles. The number of rotatable bonds is 7. The predicted octanol–water partition coefficient (Wildman–Crippen LogP) is 3.90. The fraction of sp³-hybridized carbons (Fsp3) is 0.938. The molecule has 1 amide bonds. The molecule has 18 heavy (non-hydrogen) atoms. The van der Waals surface area contributed by atoms with Crippen molar-refractivity contribution in [1.82, 2.24) is 5.32 Å². The molecular weight excluding hydrogens is 222 g/mol. The fourth-order valence-corrected chi connectivity index (χ4v) is 3.54. The van der Waals surface area contributed by atoms with Gasteiger partial charge in [-0.15, -0.1) is 0 Å². The van der Waals surface area contributed by atoms with Crippen LogP contribution in [0.4, 0.5) is 0 Å². The Kier molecular flexibility index (Phi) is 5.52. The minimum absolute atomic E-state index is 0.302. The highest BCUT2D eigenvalue weighted by Gasteiger charge is 2.27. The van der Waals surface area contributed by atoms with Gasteiger partial charge in [-0.3, -0.25) is 4.79 Å². The number of hydrogen-bond donors (Lipinski definition) is 1. The first-order valence-corrected chi connectivity index (χ1v) is 8.07. The lowest BCUT2D eigenvalue weighted by Gasteiger charge is -2.29. The molecule has 0 spiro atoms. The Morgan fingerprint density at radius 3 is 2.33 bits per heavy atom. The van der Waals surface area contributed by atoms with E-state index < -0.39 is 0 Å². The van der Waals surface area contributed by atoms with Crippen LogP contribution in [-0.4, -0.2) is 12.5 Å². The van der Waals surface area contributed by atoms with Crippen molar-refractivity contribution in [3.05, 3.63) is 0 Å². The molecule has 0 bridgehead atoms. The molecule has 2 aliphatic rings. The van der Waals surface area contributed by atoms with Gasteiger partial charge in [0.25, 0.3) is 0 Å². The van der Waals surface area contributed by atoms with Crippen molar-refractivity contribution in [3.8, 4) is 0 Å². The molecule has 1 N–H and O–H groups in total. The lowest BCUT2D eigenvalue weighted by atomic mass is 9.77. The van der Waals surface area contributed by atoms with Crippen LogP contribution in [-0.2, 0) is 4.79 Å². The van der Waals surface area contributed by atoms with Crippen LogP contribution in [0.2, 0.25) is 0 Å². The van der Waals surface area contributed by atoms with Crippen LogP contribution < -0.4 is 5.32 Å². The lowest BCUT2D eigenvalue weighted by Crippen LogP contribution is -2.33. The standard InChI is InChI=1S/C16H29NO/c1-2-17-16(18)15(12-14-8-5-9-14)11-10-13-6-3-4-7-13/h13-15H,2-12H2,1H3,(H,17,18). The van der Waals surface area contributed by atoms with E-state index in [2.05, 4.69) is 5.32 Å². The molecule has 104 valence electrons. The minimum atomic E-state index is 0.302. The van der Waals surface area contributed by atoms with Gasteiger partial charge in [-0.25, -0.2) is 0 Å². The Morgan fingerprint density at radius 2 is 1.78 bits per heavy atom. The van der Waals surface area contributed by atoms with Gasteiger partial charge in [0.2, 0.25) is 5.91 Å². The summed E-state index contributed by atoms with van der Waals surface area (Å²) in [5.41, 5.74) is 0. The van der Waals surface area contributed by atoms with Gasteiger partial charge < -0.3 is 5.32 Å². The van der Waals surface area contributed by atoms with Crippen molar-refractivity contribution >= 4 is 5.91 Å². The summed E-state index contributed by atoms with van der Waals surface area (Å²) >= 11 is 0. The zero-order valence-electron chi connectivity index (χ0n) is 11.9. The molecule has 1 unspecified atom stereocenters. The van der Waals surface area contributed by atoms with Crippen LogP contribution in [0.1, 0.15) is 71.1 Å². The third-order valence-electron chi connectivity index (χ3n) is 4.96. The molecule has 2 rings (SSSR count). The Labute approximate surface area is 112 Å². The van der Waals surface area contributed by atoms with E-state index in [-0.39, 0.29) is 0 Å². The Morgan fingerprint density at radius 1 is 1.11 bits per heavy atom. The molecule has 0 radical (unpaired) electrons.